The van der Waals surface area contributed by atoms with Crippen molar-refractivity contribution >= 4 is 27.6 Å². The molecule has 3 aromatic rings. The van der Waals surface area contributed by atoms with Crippen LogP contribution in [-0.2, 0) is 14.5 Å². The number of aromatic nitrogens is 4. The SMILES string of the molecule is Cc1cc(C(=O)c2cncnc2NC2CC(O)C(COS(N)(=O)=O)C2)nn1C(C)c1cccc(N)c1. The number of nitrogens with one attached hydrogen (secondary N) is 1. The number of aliphatic hydroxyl groups is 1. The number of nitrogen functional groups attached to an aromatic ring is 1. The number of benzene rings is 1. The molecule has 2 heterocycles. The topological polar surface area (TPSA) is 188 Å². The highest BCUT2D eigenvalue weighted by Gasteiger charge is 2.35. The van der Waals surface area contributed by atoms with E-state index >= 15 is 0 Å². The largest absolute Gasteiger partial charge is 0.399 e. The number of rotatable bonds is 9. The number of nitrogens with zero attached hydrogens (tertiary/aromatic N) is 4. The molecule has 0 saturated heterocycles. The van der Waals surface area contributed by atoms with Crippen LogP contribution in [0.3, 0.4) is 0 Å². The normalized spacial score (nSPS) is 20.8. The molecule has 192 valence electrons. The second-order valence-corrected chi connectivity index (χ2v) is 10.2. The van der Waals surface area contributed by atoms with E-state index in [0.717, 1.165) is 11.3 Å². The fourth-order valence-electron chi connectivity index (χ4n) is 4.47. The number of ketones is 1. The highest BCUT2D eigenvalue weighted by atomic mass is 32.2. The molecule has 1 aliphatic rings. The van der Waals surface area contributed by atoms with Gasteiger partial charge in [-0.05, 0) is 50.5 Å². The van der Waals surface area contributed by atoms with Crippen molar-refractivity contribution < 1.29 is 22.5 Å². The molecule has 0 aliphatic heterocycles. The number of hydrogen-bond donors (Lipinski definition) is 4. The molecule has 4 atom stereocenters. The van der Waals surface area contributed by atoms with Crippen molar-refractivity contribution in [3.8, 4) is 0 Å². The summed E-state index contributed by atoms with van der Waals surface area (Å²) in [6.07, 6.45) is 2.66. The molecule has 2 aromatic heterocycles. The molecule has 1 saturated carbocycles. The summed E-state index contributed by atoms with van der Waals surface area (Å²) >= 11 is 0. The molecule has 4 rings (SSSR count). The van der Waals surface area contributed by atoms with Gasteiger partial charge in [-0.15, -0.1) is 0 Å². The van der Waals surface area contributed by atoms with Crippen LogP contribution in [0.25, 0.3) is 0 Å². The van der Waals surface area contributed by atoms with Gasteiger partial charge in [0.1, 0.15) is 17.8 Å². The first kappa shape index (κ1) is 25.7. The van der Waals surface area contributed by atoms with E-state index in [0.29, 0.717) is 24.3 Å². The maximum absolute atomic E-state index is 13.4. The van der Waals surface area contributed by atoms with Gasteiger partial charge in [0.25, 0.3) is 0 Å². The molecule has 4 unspecified atom stereocenters. The lowest BCUT2D eigenvalue weighted by Gasteiger charge is -2.16. The summed E-state index contributed by atoms with van der Waals surface area (Å²) in [5.74, 6) is -0.489. The molecule has 0 amide bonds. The molecule has 1 fully saturated rings. The van der Waals surface area contributed by atoms with Crippen molar-refractivity contribution in [3.63, 3.8) is 0 Å². The smallest absolute Gasteiger partial charge is 0.333 e. The highest BCUT2D eigenvalue weighted by Crippen LogP contribution is 2.30. The van der Waals surface area contributed by atoms with E-state index in [9.17, 15) is 18.3 Å². The molecular weight excluding hydrogens is 486 g/mol. The Kier molecular flexibility index (Phi) is 7.36. The van der Waals surface area contributed by atoms with Crippen LogP contribution in [0, 0.1) is 12.8 Å². The first-order valence-corrected chi connectivity index (χ1v) is 12.9. The van der Waals surface area contributed by atoms with Crippen LogP contribution in [0.1, 0.15) is 53.1 Å². The monoisotopic (exact) mass is 515 g/mol. The average molecular weight is 516 g/mol. The molecule has 0 bridgehead atoms. The number of carbonyl (C=O) groups excluding carboxylic acids is 1. The Balaban J connectivity index is 1.51. The third kappa shape index (κ3) is 5.87. The lowest BCUT2D eigenvalue weighted by molar-refractivity contribution is 0.101. The van der Waals surface area contributed by atoms with Gasteiger partial charge in [0.2, 0.25) is 5.78 Å². The second kappa shape index (κ2) is 10.3. The summed E-state index contributed by atoms with van der Waals surface area (Å²) in [5.41, 5.74) is 8.81. The van der Waals surface area contributed by atoms with E-state index in [-0.39, 0.29) is 35.7 Å². The van der Waals surface area contributed by atoms with Crippen LogP contribution < -0.4 is 16.2 Å². The summed E-state index contributed by atoms with van der Waals surface area (Å²) in [4.78, 5) is 21.6. The lowest BCUT2D eigenvalue weighted by Crippen LogP contribution is -2.24. The predicted molar refractivity (Wildman–Crippen MR) is 132 cm³/mol. The van der Waals surface area contributed by atoms with Gasteiger partial charge in [-0.25, -0.2) is 15.1 Å². The quantitative estimate of drug-likeness (QED) is 0.238. The minimum atomic E-state index is -4.10. The predicted octanol–water partition coefficient (Wildman–Crippen LogP) is 1.18. The molecule has 1 aromatic carbocycles. The van der Waals surface area contributed by atoms with Gasteiger partial charge in [0, 0.05) is 29.5 Å². The van der Waals surface area contributed by atoms with Crippen molar-refractivity contribution in [3.05, 3.63) is 65.4 Å². The Morgan fingerprint density at radius 3 is 2.83 bits per heavy atom. The summed E-state index contributed by atoms with van der Waals surface area (Å²) in [5, 5.41) is 22.9. The first-order chi connectivity index (χ1) is 17.0. The lowest BCUT2D eigenvalue weighted by atomic mass is 10.1. The molecular formula is C23H29N7O5S. The second-order valence-electron chi connectivity index (χ2n) is 8.99. The Morgan fingerprint density at radius 2 is 2.11 bits per heavy atom. The van der Waals surface area contributed by atoms with Crippen LogP contribution >= 0.6 is 0 Å². The van der Waals surface area contributed by atoms with Crippen molar-refractivity contribution in [1.82, 2.24) is 19.7 Å². The highest BCUT2D eigenvalue weighted by molar-refractivity contribution is 7.84. The molecule has 0 radical (unpaired) electrons. The van der Waals surface area contributed by atoms with E-state index in [1.54, 1.807) is 10.7 Å². The maximum Gasteiger partial charge on any atom is 0.333 e. The van der Waals surface area contributed by atoms with Gasteiger partial charge in [0.15, 0.2) is 0 Å². The van der Waals surface area contributed by atoms with Crippen LogP contribution in [0.2, 0.25) is 0 Å². The number of aliphatic hydroxyl groups excluding tert-OH is 1. The van der Waals surface area contributed by atoms with Gasteiger partial charge < -0.3 is 16.2 Å². The van der Waals surface area contributed by atoms with Gasteiger partial charge in [-0.3, -0.25) is 13.7 Å². The standard InChI is InChI=1S/C23H29N7O5S/c1-13-6-20(29-30(13)14(2)15-4-3-5-17(24)7-15)22(32)19-10-26-12-27-23(19)28-18-8-16(21(31)9-18)11-35-36(25,33)34/h3-7,10,12,14,16,18,21,31H,8-9,11,24H2,1-2H3,(H2,25,33,34)(H,26,27,28). The van der Waals surface area contributed by atoms with Crippen molar-refractivity contribution in [2.24, 2.45) is 11.1 Å². The van der Waals surface area contributed by atoms with E-state index in [1.165, 1.54) is 12.5 Å². The summed E-state index contributed by atoms with van der Waals surface area (Å²) in [6.45, 7) is 3.62. The van der Waals surface area contributed by atoms with Gasteiger partial charge in [0.05, 0.1) is 24.3 Å². The van der Waals surface area contributed by atoms with E-state index in [4.69, 9.17) is 10.9 Å². The number of nitrogens with two attached hydrogens (primary N) is 2. The molecule has 12 nitrogen and oxygen atoms in total. The maximum atomic E-state index is 13.4. The first-order valence-electron chi connectivity index (χ1n) is 11.4. The summed E-state index contributed by atoms with van der Waals surface area (Å²) in [6, 6.07) is 8.81. The van der Waals surface area contributed by atoms with Gasteiger partial charge >= 0.3 is 10.3 Å². The minimum Gasteiger partial charge on any atom is -0.399 e. The zero-order valence-electron chi connectivity index (χ0n) is 19.9. The zero-order valence-corrected chi connectivity index (χ0v) is 20.7. The van der Waals surface area contributed by atoms with Crippen LogP contribution in [0.5, 0.6) is 0 Å². The number of anilines is 2. The fourth-order valence-corrected chi connectivity index (χ4v) is 4.84. The zero-order chi connectivity index (χ0) is 26.0. The van der Waals surface area contributed by atoms with Crippen molar-refractivity contribution in [2.75, 3.05) is 17.7 Å². The molecule has 0 spiro atoms. The van der Waals surface area contributed by atoms with Crippen molar-refractivity contribution in [2.45, 2.75) is 44.9 Å². The van der Waals surface area contributed by atoms with Gasteiger partial charge in [-0.2, -0.15) is 13.5 Å². The average Bonchev–Trinajstić information content (AvgIpc) is 3.38. The molecule has 6 N–H and O–H groups in total. The van der Waals surface area contributed by atoms with Crippen LogP contribution in [0.15, 0.2) is 42.9 Å². The number of aryl methyl sites for hydroxylation is 1. The Bertz CT molecular complexity index is 1360. The molecule has 36 heavy (non-hydrogen) atoms. The Morgan fingerprint density at radius 1 is 1.33 bits per heavy atom. The minimum absolute atomic E-state index is 0.142. The number of carbonyl (C=O) groups is 1. The van der Waals surface area contributed by atoms with Crippen LogP contribution in [0.4, 0.5) is 11.5 Å². The fraction of sp³-hybridized carbons (Fsp3) is 0.391. The van der Waals surface area contributed by atoms with Crippen LogP contribution in [-0.4, -0.2) is 57.8 Å². The molecule has 1 aliphatic carbocycles. The van der Waals surface area contributed by atoms with E-state index in [1.807, 2.05) is 38.1 Å². The summed E-state index contributed by atoms with van der Waals surface area (Å²) in [7, 11) is -4.10. The third-order valence-corrected chi connectivity index (χ3v) is 6.78. The summed E-state index contributed by atoms with van der Waals surface area (Å²) < 4.78 is 28.6. The van der Waals surface area contributed by atoms with E-state index < -0.39 is 22.3 Å². The van der Waals surface area contributed by atoms with E-state index in [2.05, 4.69) is 24.6 Å². The third-order valence-electron chi connectivity index (χ3n) is 6.32. The Hall–Kier alpha value is -3.39. The molecule has 13 heteroatoms. The van der Waals surface area contributed by atoms with Crippen molar-refractivity contribution in [1.29, 1.82) is 0 Å². The Labute approximate surface area is 209 Å². The van der Waals surface area contributed by atoms with Gasteiger partial charge in [-0.1, -0.05) is 12.1 Å². The number of hydrogen-bond acceptors (Lipinski definition) is 10.